The van der Waals surface area contributed by atoms with Gasteiger partial charge in [0.05, 0.1) is 11.9 Å². The molecule has 2 N–H and O–H groups in total. The summed E-state index contributed by atoms with van der Waals surface area (Å²) in [5.41, 5.74) is 0.990. The number of nitrogens with zero attached hydrogens (tertiary/aromatic N) is 1. The predicted molar refractivity (Wildman–Crippen MR) is 64.1 cm³/mol. The van der Waals surface area contributed by atoms with E-state index in [-0.39, 0.29) is 5.75 Å². The summed E-state index contributed by atoms with van der Waals surface area (Å²) in [7, 11) is 0. The number of aromatic hydroxyl groups is 1. The van der Waals surface area contributed by atoms with Gasteiger partial charge in [0.1, 0.15) is 5.75 Å². The van der Waals surface area contributed by atoms with Crippen LogP contribution in [-0.4, -0.2) is 16.6 Å². The highest BCUT2D eigenvalue weighted by molar-refractivity contribution is 5.17. The van der Waals surface area contributed by atoms with Crippen LogP contribution in [-0.2, 0) is 6.54 Å². The number of rotatable bonds is 4. The van der Waals surface area contributed by atoms with E-state index in [1.54, 1.807) is 6.07 Å². The zero-order valence-corrected chi connectivity index (χ0v) is 9.82. The van der Waals surface area contributed by atoms with Crippen molar-refractivity contribution in [2.45, 2.75) is 32.7 Å². The van der Waals surface area contributed by atoms with Crippen molar-refractivity contribution in [3.8, 4) is 5.75 Å². The predicted octanol–water partition coefficient (Wildman–Crippen LogP) is 2.31. The minimum atomic E-state index is 0.230. The molecular weight excluding hydrogens is 200 g/mol. The van der Waals surface area contributed by atoms with E-state index in [2.05, 4.69) is 17.2 Å². The van der Waals surface area contributed by atoms with Gasteiger partial charge in [-0.25, -0.2) is 0 Å². The highest BCUT2D eigenvalue weighted by atomic mass is 16.3. The Morgan fingerprint density at radius 1 is 1.44 bits per heavy atom. The lowest BCUT2D eigenvalue weighted by Crippen LogP contribution is -2.21. The van der Waals surface area contributed by atoms with Crippen molar-refractivity contribution in [3.63, 3.8) is 0 Å². The van der Waals surface area contributed by atoms with E-state index >= 15 is 0 Å². The Morgan fingerprint density at radius 2 is 2.31 bits per heavy atom. The lowest BCUT2D eigenvalue weighted by molar-refractivity contribution is 0.464. The topological polar surface area (TPSA) is 45.1 Å². The largest absolute Gasteiger partial charge is 0.506 e. The van der Waals surface area contributed by atoms with Crippen LogP contribution in [0.3, 0.4) is 0 Å². The van der Waals surface area contributed by atoms with Gasteiger partial charge in [0.25, 0.3) is 0 Å². The molecule has 2 rings (SSSR count). The van der Waals surface area contributed by atoms with Gasteiger partial charge in [0, 0.05) is 6.54 Å². The average Bonchev–Trinajstić information content (AvgIpc) is 2.67. The second-order valence-electron chi connectivity index (χ2n) is 4.92. The summed E-state index contributed by atoms with van der Waals surface area (Å²) in [6, 6.07) is 3.54. The van der Waals surface area contributed by atoms with E-state index in [1.807, 2.05) is 6.07 Å². The van der Waals surface area contributed by atoms with E-state index in [1.165, 1.54) is 25.5 Å². The van der Waals surface area contributed by atoms with E-state index in [4.69, 9.17) is 5.11 Å². The molecule has 1 saturated carbocycles. The Bertz CT molecular complexity index is 323. The molecule has 1 aliphatic rings. The molecule has 2 atom stereocenters. The first-order valence-corrected chi connectivity index (χ1v) is 6.08. The van der Waals surface area contributed by atoms with Crippen LogP contribution in [0.15, 0.2) is 18.3 Å². The molecule has 1 aliphatic carbocycles. The number of hydrogen-bond acceptors (Lipinski definition) is 3. The summed E-state index contributed by atoms with van der Waals surface area (Å²) in [4.78, 5) is 4.14. The van der Waals surface area contributed by atoms with Crippen molar-refractivity contribution >= 4 is 0 Å². The third-order valence-electron chi connectivity index (χ3n) is 3.35. The minimum absolute atomic E-state index is 0.230. The molecular formula is C13H20N2O. The van der Waals surface area contributed by atoms with Gasteiger partial charge in [-0.2, -0.15) is 0 Å². The fourth-order valence-electron chi connectivity index (χ4n) is 2.44. The molecule has 3 heteroatoms. The highest BCUT2D eigenvalue weighted by Crippen LogP contribution is 2.29. The molecule has 1 fully saturated rings. The number of aromatic nitrogens is 1. The summed E-state index contributed by atoms with van der Waals surface area (Å²) in [6.45, 7) is 4.22. The van der Waals surface area contributed by atoms with E-state index in [0.717, 1.165) is 30.6 Å². The Labute approximate surface area is 96.9 Å². The molecule has 1 heterocycles. The fourth-order valence-corrected chi connectivity index (χ4v) is 2.44. The standard InChI is InChI=1S/C13H20N2O/c1-10-2-3-11(6-10)7-14-8-12-4-5-13(16)9-15-12/h4-5,9-11,14,16H,2-3,6-8H2,1H3. The Balaban J connectivity index is 1.70. The molecule has 0 spiro atoms. The molecule has 1 aromatic rings. The Hall–Kier alpha value is -1.09. The lowest BCUT2D eigenvalue weighted by Gasteiger charge is -2.10. The molecule has 0 saturated heterocycles. The maximum atomic E-state index is 9.10. The maximum absolute atomic E-state index is 9.10. The van der Waals surface area contributed by atoms with Gasteiger partial charge in [-0.1, -0.05) is 13.3 Å². The van der Waals surface area contributed by atoms with Crippen molar-refractivity contribution in [1.82, 2.24) is 10.3 Å². The first kappa shape index (κ1) is 11.4. The molecule has 3 nitrogen and oxygen atoms in total. The molecule has 1 aromatic heterocycles. The van der Waals surface area contributed by atoms with Crippen LogP contribution in [0.4, 0.5) is 0 Å². The third kappa shape index (κ3) is 3.20. The van der Waals surface area contributed by atoms with Crippen molar-refractivity contribution in [2.24, 2.45) is 11.8 Å². The third-order valence-corrected chi connectivity index (χ3v) is 3.35. The minimum Gasteiger partial charge on any atom is -0.506 e. The molecule has 16 heavy (non-hydrogen) atoms. The van der Waals surface area contributed by atoms with Crippen LogP contribution in [0.2, 0.25) is 0 Å². The van der Waals surface area contributed by atoms with Crippen LogP contribution in [0, 0.1) is 11.8 Å². The van der Waals surface area contributed by atoms with Crippen LogP contribution in [0.1, 0.15) is 31.9 Å². The van der Waals surface area contributed by atoms with E-state index < -0.39 is 0 Å². The SMILES string of the molecule is CC1CCC(CNCc2ccc(O)cn2)C1. The smallest absolute Gasteiger partial charge is 0.133 e. The van der Waals surface area contributed by atoms with Gasteiger partial charge in [-0.3, -0.25) is 4.98 Å². The van der Waals surface area contributed by atoms with Crippen LogP contribution in [0.5, 0.6) is 5.75 Å². The summed E-state index contributed by atoms with van der Waals surface area (Å²) in [5.74, 6) is 1.97. The summed E-state index contributed by atoms with van der Waals surface area (Å²) in [6.07, 6.45) is 5.59. The normalized spacial score (nSPS) is 24.8. The zero-order chi connectivity index (χ0) is 11.4. The average molecular weight is 220 g/mol. The first-order chi connectivity index (χ1) is 7.74. The monoisotopic (exact) mass is 220 g/mol. The van der Waals surface area contributed by atoms with Crippen molar-refractivity contribution in [3.05, 3.63) is 24.0 Å². The fraction of sp³-hybridized carbons (Fsp3) is 0.615. The van der Waals surface area contributed by atoms with Gasteiger partial charge in [0.2, 0.25) is 0 Å². The second-order valence-corrected chi connectivity index (χ2v) is 4.92. The summed E-state index contributed by atoms with van der Waals surface area (Å²) < 4.78 is 0. The van der Waals surface area contributed by atoms with Crippen molar-refractivity contribution < 1.29 is 5.11 Å². The maximum Gasteiger partial charge on any atom is 0.133 e. The van der Waals surface area contributed by atoms with Crippen molar-refractivity contribution in [2.75, 3.05) is 6.54 Å². The van der Waals surface area contributed by atoms with Gasteiger partial charge >= 0.3 is 0 Å². The van der Waals surface area contributed by atoms with Gasteiger partial charge in [-0.05, 0) is 43.4 Å². The molecule has 88 valence electrons. The highest BCUT2D eigenvalue weighted by Gasteiger charge is 2.20. The molecule has 2 unspecified atom stereocenters. The number of hydrogen-bond donors (Lipinski definition) is 2. The summed E-state index contributed by atoms with van der Waals surface area (Å²) >= 11 is 0. The summed E-state index contributed by atoms with van der Waals surface area (Å²) in [5, 5.41) is 12.5. The molecule has 0 radical (unpaired) electrons. The molecule has 0 aliphatic heterocycles. The van der Waals surface area contributed by atoms with Gasteiger partial charge in [0.15, 0.2) is 0 Å². The number of pyridine rings is 1. The molecule has 0 bridgehead atoms. The van der Waals surface area contributed by atoms with Crippen LogP contribution in [0.25, 0.3) is 0 Å². The number of nitrogens with one attached hydrogen (secondary N) is 1. The molecule has 0 aromatic carbocycles. The van der Waals surface area contributed by atoms with Crippen LogP contribution >= 0.6 is 0 Å². The quantitative estimate of drug-likeness (QED) is 0.818. The van der Waals surface area contributed by atoms with Gasteiger partial charge < -0.3 is 10.4 Å². The Morgan fingerprint density at radius 3 is 2.94 bits per heavy atom. The van der Waals surface area contributed by atoms with E-state index in [9.17, 15) is 0 Å². The second kappa shape index (κ2) is 5.30. The van der Waals surface area contributed by atoms with Crippen LogP contribution < -0.4 is 5.32 Å². The Kier molecular flexibility index (Phi) is 3.78. The molecule has 0 amide bonds. The van der Waals surface area contributed by atoms with Gasteiger partial charge in [-0.15, -0.1) is 0 Å². The zero-order valence-electron chi connectivity index (χ0n) is 9.82. The lowest BCUT2D eigenvalue weighted by atomic mass is 10.1. The first-order valence-electron chi connectivity index (χ1n) is 6.08. The van der Waals surface area contributed by atoms with E-state index in [0.29, 0.717) is 0 Å². The van der Waals surface area contributed by atoms with Crippen molar-refractivity contribution in [1.29, 1.82) is 0 Å².